The van der Waals surface area contributed by atoms with Crippen molar-refractivity contribution < 1.29 is 0 Å². The molecular formula is C17H18N4. The number of nitrogens with zero attached hydrogens (tertiary/aromatic N) is 4. The Morgan fingerprint density at radius 1 is 1.24 bits per heavy atom. The predicted octanol–water partition coefficient (Wildman–Crippen LogP) is 3.44. The molecule has 1 aromatic heterocycles. The third-order valence-electron chi connectivity index (χ3n) is 4.30. The van der Waals surface area contributed by atoms with Crippen molar-refractivity contribution in [3.63, 3.8) is 0 Å². The van der Waals surface area contributed by atoms with Crippen LogP contribution in [0.2, 0.25) is 0 Å². The smallest absolute Gasteiger partial charge is 0.174 e. The summed E-state index contributed by atoms with van der Waals surface area (Å²) < 4.78 is 0. The number of nitriles is 1. The number of anilines is 2. The van der Waals surface area contributed by atoms with E-state index in [1.165, 1.54) is 5.56 Å². The number of hydrogen-bond donors (Lipinski definition) is 0. The number of aryl methyl sites for hydroxylation is 2. The molecular weight excluding hydrogens is 260 g/mol. The standard InChI is InChI=1S/C17H18N4/c1-11-8-9-14-6-4-5-7-16(14)21(11)17-15(10-18)12(2)13(3)19-20-17/h4-7,11H,8-9H2,1-3H3. The van der Waals surface area contributed by atoms with Gasteiger partial charge < -0.3 is 4.90 Å². The van der Waals surface area contributed by atoms with Crippen LogP contribution < -0.4 is 4.90 Å². The van der Waals surface area contributed by atoms with Gasteiger partial charge in [0.25, 0.3) is 0 Å². The van der Waals surface area contributed by atoms with Crippen molar-refractivity contribution >= 4 is 11.5 Å². The first-order valence-electron chi connectivity index (χ1n) is 7.24. The van der Waals surface area contributed by atoms with Gasteiger partial charge in [0.1, 0.15) is 11.6 Å². The van der Waals surface area contributed by atoms with Gasteiger partial charge in [-0.15, -0.1) is 5.10 Å². The van der Waals surface area contributed by atoms with Gasteiger partial charge in [-0.3, -0.25) is 0 Å². The maximum absolute atomic E-state index is 9.54. The minimum atomic E-state index is 0.309. The first-order valence-corrected chi connectivity index (χ1v) is 7.24. The van der Waals surface area contributed by atoms with Gasteiger partial charge in [-0.05, 0) is 50.8 Å². The molecule has 3 rings (SSSR count). The molecule has 2 aromatic rings. The highest BCUT2D eigenvalue weighted by Crippen LogP contribution is 2.37. The summed E-state index contributed by atoms with van der Waals surface area (Å²) in [6, 6.07) is 11.0. The molecule has 0 N–H and O–H groups in total. The second kappa shape index (κ2) is 5.17. The Hall–Kier alpha value is -2.41. The highest BCUT2D eigenvalue weighted by atomic mass is 15.3. The Morgan fingerprint density at radius 2 is 2.00 bits per heavy atom. The Labute approximate surface area is 125 Å². The second-order valence-corrected chi connectivity index (χ2v) is 5.61. The summed E-state index contributed by atoms with van der Waals surface area (Å²) in [4.78, 5) is 2.16. The van der Waals surface area contributed by atoms with E-state index in [1.807, 2.05) is 19.9 Å². The molecule has 0 fully saturated rings. The Kier molecular flexibility index (Phi) is 3.34. The predicted molar refractivity (Wildman–Crippen MR) is 82.6 cm³/mol. The molecule has 1 aliphatic rings. The summed E-state index contributed by atoms with van der Waals surface area (Å²) in [5.74, 6) is 0.681. The van der Waals surface area contributed by atoms with Gasteiger partial charge in [-0.1, -0.05) is 18.2 Å². The first-order chi connectivity index (χ1) is 10.1. The molecule has 21 heavy (non-hydrogen) atoms. The first kappa shape index (κ1) is 13.6. The molecule has 0 spiro atoms. The summed E-state index contributed by atoms with van der Waals surface area (Å²) in [7, 11) is 0. The molecule has 1 atom stereocenters. The van der Waals surface area contributed by atoms with Crippen LogP contribution in [0, 0.1) is 25.2 Å². The van der Waals surface area contributed by atoms with E-state index in [1.54, 1.807) is 0 Å². The molecule has 0 radical (unpaired) electrons. The Balaban J connectivity index is 2.21. The average Bonchev–Trinajstić information content (AvgIpc) is 2.50. The molecule has 0 saturated carbocycles. The quantitative estimate of drug-likeness (QED) is 0.802. The summed E-state index contributed by atoms with van der Waals surface area (Å²) in [5.41, 5.74) is 4.81. The number of aromatic nitrogens is 2. The molecule has 0 bridgehead atoms. The van der Waals surface area contributed by atoms with E-state index < -0.39 is 0 Å². The minimum Gasteiger partial charge on any atom is -0.321 e. The zero-order valence-corrected chi connectivity index (χ0v) is 12.6. The minimum absolute atomic E-state index is 0.309. The van der Waals surface area contributed by atoms with Gasteiger partial charge in [-0.25, -0.2) is 0 Å². The zero-order chi connectivity index (χ0) is 15.0. The molecule has 0 saturated heterocycles. The summed E-state index contributed by atoms with van der Waals surface area (Å²) in [6.45, 7) is 6.00. The van der Waals surface area contributed by atoms with Crippen LogP contribution in [0.1, 0.15) is 35.7 Å². The van der Waals surface area contributed by atoms with Crippen LogP contribution in [-0.4, -0.2) is 16.2 Å². The lowest BCUT2D eigenvalue weighted by atomic mass is 9.96. The monoisotopic (exact) mass is 278 g/mol. The molecule has 106 valence electrons. The van der Waals surface area contributed by atoms with E-state index in [4.69, 9.17) is 0 Å². The van der Waals surface area contributed by atoms with E-state index in [-0.39, 0.29) is 0 Å². The molecule has 4 heteroatoms. The van der Waals surface area contributed by atoms with Gasteiger partial charge in [-0.2, -0.15) is 10.4 Å². The molecule has 0 aliphatic carbocycles. The fourth-order valence-electron chi connectivity index (χ4n) is 2.91. The zero-order valence-electron chi connectivity index (χ0n) is 12.6. The second-order valence-electron chi connectivity index (χ2n) is 5.61. The maximum Gasteiger partial charge on any atom is 0.174 e. The van der Waals surface area contributed by atoms with Gasteiger partial charge in [0.2, 0.25) is 0 Å². The largest absolute Gasteiger partial charge is 0.321 e. The maximum atomic E-state index is 9.54. The number of para-hydroxylation sites is 1. The third-order valence-corrected chi connectivity index (χ3v) is 4.30. The summed E-state index contributed by atoms with van der Waals surface area (Å²) in [6.07, 6.45) is 2.12. The Morgan fingerprint density at radius 3 is 2.76 bits per heavy atom. The van der Waals surface area contributed by atoms with Crippen LogP contribution in [0.15, 0.2) is 24.3 Å². The van der Waals surface area contributed by atoms with Crippen molar-refractivity contribution in [2.75, 3.05) is 4.90 Å². The number of benzene rings is 1. The molecule has 1 aromatic carbocycles. The SMILES string of the molecule is Cc1nnc(N2c3ccccc3CCC2C)c(C#N)c1C. The number of rotatable bonds is 1. The van der Waals surface area contributed by atoms with Gasteiger partial charge >= 0.3 is 0 Å². The van der Waals surface area contributed by atoms with E-state index in [0.29, 0.717) is 17.4 Å². The molecule has 0 amide bonds. The van der Waals surface area contributed by atoms with Crippen molar-refractivity contribution in [3.8, 4) is 6.07 Å². The average molecular weight is 278 g/mol. The van der Waals surface area contributed by atoms with Crippen molar-refractivity contribution in [1.29, 1.82) is 5.26 Å². The van der Waals surface area contributed by atoms with Gasteiger partial charge in [0.05, 0.1) is 5.69 Å². The molecule has 1 unspecified atom stereocenters. The van der Waals surface area contributed by atoms with E-state index in [9.17, 15) is 5.26 Å². The molecule has 4 nitrogen and oxygen atoms in total. The van der Waals surface area contributed by atoms with Crippen molar-refractivity contribution in [1.82, 2.24) is 10.2 Å². The van der Waals surface area contributed by atoms with Gasteiger partial charge in [0, 0.05) is 11.7 Å². The topological polar surface area (TPSA) is 52.8 Å². The van der Waals surface area contributed by atoms with E-state index in [2.05, 4.69) is 46.3 Å². The normalized spacial score (nSPS) is 17.2. The lowest BCUT2D eigenvalue weighted by molar-refractivity contribution is 0.609. The lowest BCUT2D eigenvalue weighted by Gasteiger charge is -2.36. The number of fused-ring (bicyclic) bond motifs is 1. The van der Waals surface area contributed by atoms with Crippen molar-refractivity contribution in [2.45, 2.75) is 39.7 Å². The Bertz CT molecular complexity index is 730. The lowest BCUT2D eigenvalue weighted by Crippen LogP contribution is -2.34. The van der Waals surface area contributed by atoms with Crippen molar-refractivity contribution in [3.05, 3.63) is 46.6 Å². The van der Waals surface area contributed by atoms with Crippen LogP contribution in [0.5, 0.6) is 0 Å². The van der Waals surface area contributed by atoms with Crippen LogP contribution >= 0.6 is 0 Å². The third kappa shape index (κ3) is 2.15. The van der Waals surface area contributed by atoms with E-state index in [0.717, 1.165) is 29.8 Å². The highest BCUT2D eigenvalue weighted by Gasteiger charge is 2.28. The summed E-state index contributed by atoms with van der Waals surface area (Å²) >= 11 is 0. The van der Waals surface area contributed by atoms with Crippen LogP contribution in [0.25, 0.3) is 0 Å². The van der Waals surface area contributed by atoms with E-state index >= 15 is 0 Å². The highest BCUT2D eigenvalue weighted by molar-refractivity contribution is 5.71. The van der Waals surface area contributed by atoms with Crippen LogP contribution in [0.3, 0.4) is 0 Å². The molecule has 2 heterocycles. The van der Waals surface area contributed by atoms with Crippen LogP contribution in [0.4, 0.5) is 11.5 Å². The fourth-order valence-corrected chi connectivity index (χ4v) is 2.91. The fraction of sp³-hybridized carbons (Fsp3) is 0.353. The number of hydrogen-bond acceptors (Lipinski definition) is 4. The van der Waals surface area contributed by atoms with Gasteiger partial charge in [0.15, 0.2) is 5.82 Å². The molecule has 1 aliphatic heterocycles. The summed E-state index contributed by atoms with van der Waals surface area (Å²) in [5, 5.41) is 18.1. The van der Waals surface area contributed by atoms with Crippen molar-refractivity contribution in [2.24, 2.45) is 0 Å². The van der Waals surface area contributed by atoms with Crippen LogP contribution in [-0.2, 0) is 6.42 Å².